The van der Waals surface area contributed by atoms with Gasteiger partial charge in [0.1, 0.15) is 5.60 Å². The molecule has 2 nitrogen and oxygen atoms in total. The van der Waals surface area contributed by atoms with Gasteiger partial charge in [0.2, 0.25) is 0 Å². The minimum atomic E-state index is -0.906. The summed E-state index contributed by atoms with van der Waals surface area (Å²) in [7, 11) is 0. The highest BCUT2D eigenvalue weighted by molar-refractivity contribution is 5.28. The van der Waals surface area contributed by atoms with Crippen LogP contribution in [-0.2, 0) is 0 Å². The highest BCUT2D eigenvalue weighted by Crippen LogP contribution is 2.66. The summed E-state index contributed by atoms with van der Waals surface area (Å²) in [6.07, 6.45) is 16.1. The van der Waals surface area contributed by atoms with Gasteiger partial charge in [-0.2, -0.15) is 0 Å². The highest BCUT2D eigenvalue weighted by atomic mass is 16.3. The molecule has 126 valence electrons. The molecule has 4 rings (SSSR count). The minimum absolute atomic E-state index is 0.112. The van der Waals surface area contributed by atoms with E-state index in [2.05, 4.69) is 25.8 Å². The molecular weight excluding hydrogens is 284 g/mol. The Morgan fingerprint density at radius 2 is 1.87 bits per heavy atom. The van der Waals surface area contributed by atoms with Crippen LogP contribution in [-0.4, -0.2) is 21.9 Å². The molecule has 0 aliphatic heterocycles. The quantitative estimate of drug-likeness (QED) is 0.529. The predicted octanol–water partition coefficient (Wildman–Crippen LogP) is 3.67. The van der Waals surface area contributed by atoms with Crippen molar-refractivity contribution in [2.24, 2.45) is 28.6 Å². The average Bonchev–Trinajstić information content (AvgIpc) is 2.80. The second kappa shape index (κ2) is 4.87. The fourth-order valence-electron chi connectivity index (χ4n) is 6.89. The van der Waals surface area contributed by atoms with Crippen molar-refractivity contribution in [3.63, 3.8) is 0 Å². The molecule has 0 aromatic carbocycles. The van der Waals surface area contributed by atoms with Gasteiger partial charge in [-0.05, 0) is 74.5 Å². The molecule has 0 saturated heterocycles. The van der Waals surface area contributed by atoms with E-state index in [1.54, 1.807) is 0 Å². The average molecular weight is 314 g/mol. The van der Waals surface area contributed by atoms with Crippen molar-refractivity contribution < 1.29 is 10.2 Å². The molecule has 7 atom stereocenters. The maximum atomic E-state index is 11.0. The lowest BCUT2D eigenvalue weighted by Gasteiger charge is -2.58. The van der Waals surface area contributed by atoms with Crippen LogP contribution in [0, 0.1) is 40.9 Å². The number of aliphatic hydroxyl groups excluding tert-OH is 1. The van der Waals surface area contributed by atoms with E-state index in [0.717, 1.165) is 44.9 Å². The lowest BCUT2D eigenvalue weighted by atomic mass is 9.47. The third-order valence-corrected chi connectivity index (χ3v) is 8.47. The highest BCUT2D eigenvalue weighted by Gasteiger charge is 2.63. The number of aliphatic hydroxyl groups is 2. The maximum absolute atomic E-state index is 11.0. The van der Waals surface area contributed by atoms with Crippen molar-refractivity contribution in [3.8, 4) is 12.3 Å². The first-order valence-corrected chi connectivity index (χ1v) is 9.42. The van der Waals surface area contributed by atoms with Gasteiger partial charge in [0.25, 0.3) is 0 Å². The van der Waals surface area contributed by atoms with Gasteiger partial charge in [0.15, 0.2) is 0 Å². The van der Waals surface area contributed by atoms with Crippen LogP contribution in [0.5, 0.6) is 0 Å². The Morgan fingerprint density at radius 3 is 2.61 bits per heavy atom. The third-order valence-electron chi connectivity index (χ3n) is 8.47. The first-order valence-electron chi connectivity index (χ1n) is 9.42. The van der Waals surface area contributed by atoms with E-state index < -0.39 is 5.60 Å². The van der Waals surface area contributed by atoms with E-state index in [1.165, 1.54) is 12.0 Å². The number of rotatable bonds is 0. The van der Waals surface area contributed by atoms with Crippen LogP contribution in [0.15, 0.2) is 11.6 Å². The molecule has 0 aromatic rings. The van der Waals surface area contributed by atoms with E-state index in [9.17, 15) is 10.2 Å². The maximum Gasteiger partial charge on any atom is 0.130 e. The first kappa shape index (κ1) is 15.7. The van der Waals surface area contributed by atoms with E-state index >= 15 is 0 Å². The summed E-state index contributed by atoms with van der Waals surface area (Å²) in [6, 6.07) is 0. The van der Waals surface area contributed by atoms with Crippen LogP contribution in [0.25, 0.3) is 0 Å². The number of hydrogen-bond donors (Lipinski definition) is 2. The Bertz CT molecular complexity index is 587. The minimum Gasteiger partial charge on any atom is -0.393 e. The van der Waals surface area contributed by atoms with Crippen LogP contribution in [0.1, 0.15) is 65.2 Å². The van der Waals surface area contributed by atoms with Gasteiger partial charge in [-0.25, -0.2) is 0 Å². The molecule has 23 heavy (non-hydrogen) atoms. The van der Waals surface area contributed by atoms with Crippen molar-refractivity contribution >= 4 is 0 Å². The molecule has 0 radical (unpaired) electrons. The van der Waals surface area contributed by atoms with Crippen molar-refractivity contribution in [3.05, 3.63) is 11.6 Å². The van der Waals surface area contributed by atoms with Crippen LogP contribution >= 0.6 is 0 Å². The van der Waals surface area contributed by atoms with Crippen molar-refractivity contribution in [1.82, 2.24) is 0 Å². The van der Waals surface area contributed by atoms with Crippen LogP contribution in [0.3, 0.4) is 0 Å². The topological polar surface area (TPSA) is 40.5 Å². The van der Waals surface area contributed by atoms with Crippen LogP contribution < -0.4 is 0 Å². The fraction of sp³-hybridized carbons (Fsp3) is 0.810. The van der Waals surface area contributed by atoms with Gasteiger partial charge in [-0.3, -0.25) is 0 Å². The van der Waals surface area contributed by atoms with Crippen LogP contribution in [0.4, 0.5) is 0 Å². The normalized spacial score (nSPS) is 55.2. The summed E-state index contributed by atoms with van der Waals surface area (Å²) < 4.78 is 0. The Labute approximate surface area is 140 Å². The molecule has 4 aliphatic rings. The molecule has 2 heteroatoms. The lowest BCUT2D eigenvalue weighted by Crippen LogP contribution is -2.54. The second-order valence-corrected chi connectivity index (χ2v) is 9.16. The fourth-order valence-corrected chi connectivity index (χ4v) is 6.89. The monoisotopic (exact) mass is 314 g/mol. The molecule has 4 aliphatic carbocycles. The summed E-state index contributed by atoms with van der Waals surface area (Å²) in [5.74, 6) is 4.65. The Balaban J connectivity index is 1.69. The largest absolute Gasteiger partial charge is 0.393 e. The SMILES string of the molecule is C#CC1(O)CC[C@H]2[C@@H]3CC=C4CC(O)CC[C@]4(C)[C@H]3CC[C@@]21C. The van der Waals surface area contributed by atoms with E-state index in [0.29, 0.717) is 17.8 Å². The molecule has 0 bridgehead atoms. The summed E-state index contributed by atoms with van der Waals surface area (Å²) in [5, 5.41) is 21.0. The zero-order chi connectivity index (χ0) is 16.5. The smallest absolute Gasteiger partial charge is 0.130 e. The Hall–Kier alpha value is -0.780. The zero-order valence-corrected chi connectivity index (χ0v) is 14.5. The van der Waals surface area contributed by atoms with E-state index in [-0.39, 0.29) is 16.9 Å². The molecular formula is C21H30O2. The molecule has 0 amide bonds. The van der Waals surface area contributed by atoms with Gasteiger partial charge in [-0.1, -0.05) is 31.4 Å². The van der Waals surface area contributed by atoms with Gasteiger partial charge >= 0.3 is 0 Å². The Morgan fingerprint density at radius 1 is 1.13 bits per heavy atom. The number of allylic oxidation sites excluding steroid dienone is 1. The number of terminal acetylenes is 1. The molecule has 0 aromatic heterocycles. The van der Waals surface area contributed by atoms with Crippen molar-refractivity contribution in [1.29, 1.82) is 0 Å². The Kier molecular flexibility index (Phi) is 3.33. The third kappa shape index (κ3) is 1.90. The summed E-state index contributed by atoms with van der Waals surface area (Å²) in [6.45, 7) is 4.68. The molecule has 3 fully saturated rings. The first-order chi connectivity index (χ1) is 10.8. The zero-order valence-electron chi connectivity index (χ0n) is 14.5. The molecule has 0 spiro atoms. The van der Waals surface area contributed by atoms with E-state index in [4.69, 9.17) is 6.42 Å². The summed E-state index contributed by atoms with van der Waals surface area (Å²) in [5.41, 5.74) is 0.751. The standard InChI is InChI=1S/C21H30O2/c1-4-21(23)12-9-18-16-6-5-14-13-15(22)7-10-19(14,2)17(16)8-11-20(18,21)3/h1,5,15-18,22-23H,6-13H2,2-3H3/t15?,16-,17+,18+,19+,20+,21?/m1/s1. The predicted molar refractivity (Wildman–Crippen MR) is 91.5 cm³/mol. The van der Waals surface area contributed by atoms with Gasteiger partial charge in [0, 0.05) is 5.41 Å². The van der Waals surface area contributed by atoms with Crippen molar-refractivity contribution in [2.75, 3.05) is 0 Å². The molecule has 2 unspecified atom stereocenters. The van der Waals surface area contributed by atoms with Gasteiger partial charge < -0.3 is 10.2 Å². The number of hydrogen-bond acceptors (Lipinski definition) is 2. The molecule has 0 heterocycles. The molecule has 2 N–H and O–H groups in total. The van der Waals surface area contributed by atoms with E-state index in [1.807, 2.05) is 0 Å². The molecule has 3 saturated carbocycles. The van der Waals surface area contributed by atoms with Crippen molar-refractivity contribution in [2.45, 2.75) is 76.9 Å². The second-order valence-electron chi connectivity index (χ2n) is 9.16. The van der Waals surface area contributed by atoms with Gasteiger partial charge in [0.05, 0.1) is 6.10 Å². The van der Waals surface area contributed by atoms with Crippen LogP contribution in [0.2, 0.25) is 0 Å². The summed E-state index contributed by atoms with van der Waals surface area (Å²) in [4.78, 5) is 0. The van der Waals surface area contributed by atoms with Gasteiger partial charge in [-0.15, -0.1) is 6.42 Å². The lowest BCUT2D eigenvalue weighted by molar-refractivity contribution is -0.0969. The summed E-state index contributed by atoms with van der Waals surface area (Å²) >= 11 is 0. The number of fused-ring (bicyclic) bond motifs is 5.